The summed E-state index contributed by atoms with van der Waals surface area (Å²) in [5.41, 5.74) is 3.26. The molecule has 0 spiro atoms. The number of aromatic nitrogens is 1. The van der Waals surface area contributed by atoms with Gasteiger partial charge in [-0.05, 0) is 42.3 Å². The number of thiophene rings is 1. The van der Waals surface area contributed by atoms with Crippen LogP contribution in [0, 0.1) is 0 Å². The molecule has 1 unspecified atom stereocenters. The second-order valence-corrected chi connectivity index (χ2v) is 5.91. The molecule has 102 valence electrons. The highest BCUT2D eigenvalue weighted by atomic mass is 32.1. The Morgan fingerprint density at radius 1 is 1.15 bits per heavy atom. The minimum Gasteiger partial charge on any atom is -0.388 e. The molecule has 1 N–H and O–H groups in total. The van der Waals surface area contributed by atoms with Crippen molar-refractivity contribution in [3.05, 3.63) is 65.2 Å². The van der Waals surface area contributed by atoms with Crippen LogP contribution < -0.4 is 0 Å². The molecule has 2 aromatic heterocycles. The van der Waals surface area contributed by atoms with E-state index in [1.165, 1.54) is 5.56 Å². The van der Waals surface area contributed by atoms with Crippen molar-refractivity contribution < 1.29 is 5.11 Å². The average Bonchev–Trinajstić information content (AvgIpc) is 2.95. The van der Waals surface area contributed by atoms with Crippen LogP contribution in [0.25, 0.3) is 10.2 Å². The molecule has 2 nitrogen and oxygen atoms in total. The van der Waals surface area contributed by atoms with Crippen molar-refractivity contribution >= 4 is 21.6 Å². The molecule has 0 aliphatic heterocycles. The molecule has 3 aromatic rings. The van der Waals surface area contributed by atoms with E-state index in [0.717, 1.165) is 35.0 Å². The molecule has 0 fully saturated rings. The van der Waals surface area contributed by atoms with E-state index in [9.17, 15) is 5.11 Å². The van der Waals surface area contributed by atoms with E-state index in [-0.39, 0.29) is 0 Å². The first kappa shape index (κ1) is 13.3. The lowest BCUT2D eigenvalue weighted by Gasteiger charge is -2.10. The molecule has 0 aliphatic rings. The van der Waals surface area contributed by atoms with E-state index in [0.29, 0.717) is 0 Å². The number of aryl methyl sites for hydroxylation is 1. The summed E-state index contributed by atoms with van der Waals surface area (Å²) in [5.74, 6) is 0. The van der Waals surface area contributed by atoms with Gasteiger partial charge in [0, 0.05) is 11.8 Å². The van der Waals surface area contributed by atoms with Crippen LogP contribution in [0.1, 0.15) is 30.1 Å². The predicted octanol–water partition coefficient (Wildman–Crippen LogP) is 4.35. The average molecular weight is 283 g/mol. The third-order valence-corrected chi connectivity index (χ3v) is 4.35. The van der Waals surface area contributed by atoms with Crippen molar-refractivity contribution in [2.45, 2.75) is 25.4 Å². The first-order valence-corrected chi connectivity index (χ1v) is 7.76. The van der Waals surface area contributed by atoms with Gasteiger partial charge in [0.25, 0.3) is 0 Å². The van der Waals surface area contributed by atoms with E-state index in [2.05, 4.69) is 35.3 Å². The van der Waals surface area contributed by atoms with Crippen molar-refractivity contribution in [2.75, 3.05) is 0 Å². The minimum absolute atomic E-state index is 0.419. The van der Waals surface area contributed by atoms with Gasteiger partial charge in [0.2, 0.25) is 0 Å². The monoisotopic (exact) mass is 283 g/mol. The summed E-state index contributed by atoms with van der Waals surface area (Å²) < 4.78 is 1.14. The highest BCUT2D eigenvalue weighted by Crippen LogP contribution is 2.25. The fourth-order valence-electron chi connectivity index (χ4n) is 2.35. The second kappa shape index (κ2) is 6.16. The Hall–Kier alpha value is -1.71. The number of nitrogens with zero attached hydrogens (tertiary/aromatic N) is 1. The number of aliphatic hydroxyl groups is 1. The van der Waals surface area contributed by atoms with E-state index < -0.39 is 6.10 Å². The molecule has 0 saturated heterocycles. The third kappa shape index (κ3) is 3.06. The van der Waals surface area contributed by atoms with Gasteiger partial charge < -0.3 is 5.11 Å². The van der Waals surface area contributed by atoms with Gasteiger partial charge in [-0.1, -0.05) is 30.3 Å². The summed E-state index contributed by atoms with van der Waals surface area (Å²) >= 11 is 1.67. The Morgan fingerprint density at radius 3 is 2.85 bits per heavy atom. The lowest BCUT2D eigenvalue weighted by molar-refractivity contribution is 0.164. The number of hydrogen-bond acceptors (Lipinski definition) is 3. The number of rotatable bonds is 5. The lowest BCUT2D eigenvalue weighted by atomic mass is 10.0. The number of fused-ring (bicyclic) bond motifs is 1. The van der Waals surface area contributed by atoms with Crippen molar-refractivity contribution in [3.63, 3.8) is 0 Å². The number of benzene rings is 1. The molecule has 3 heteroatoms. The first-order chi connectivity index (χ1) is 9.83. The minimum atomic E-state index is -0.419. The van der Waals surface area contributed by atoms with Crippen LogP contribution in [-0.2, 0) is 6.42 Å². The molecule has 3 rings (SSSR count). The molecule has 2 heterocycles. The molecule has 0 saturated carbocycles. The maximum Gasteiger partial charge on any atom is 0.0809 e. The van der Waals surface area contributed by atoms with Gasteiger partial charge in [0.1, 0.15) is 0 Å². The van der Waals surface area contributed by atoms with Crippen LogP contribution in [0.15, 0.2) is 54.0 Å². The fraction of sp³-hybridized carbons (Fsp3) is 0.235. The summed E-state index contributed by atoms with van der Waals surface area (Å²) in [5, 5.41) is 12.3. The summed E-state index contributed by atoms with van der Waals surface area (Å²) in [7, 11) is 0. The maximum atomic E-state index is 10.3. The molecule has 0 radical (unpaired) electrons. The summed E-state index contributed by atoms with van der Waals surface area (Å²) in [6, 6.07) is 14.5. The highest BCUT2D eigenvalue weighted by molar-refractivity contribution is 7.17. The van der Waals surface area contributed by atoms with Crippen LogP contribution in [0.5, 0.6) is 0 Å². The third-order valence-electron chi connectivity index (χ3n) is 3.49. The Bertz CT molecular complexity index is 678. The van der Waals surface area contributed by atoms with Crippen LogP contribution in [0.3, 0.4) is 0 Å². The summed E-state index contributed by atoms with van der Waals surface area (Å²) in [6.45, 7) is 0. The van der Waals surface area contributed by atoms with Crippen molar-refractivity contribution in [1.82, 2.24) is 4.98 Å². The van der Waals surface area contributed by atoms with E-state index in [4.69, 9.17) is 0 Å². The van der Waals surface area contributed by atoms with Crippen LogP contribution in [0.4, 0.5) is 0 Å². The molecule has 20 heavy (non-hydrogen) atoms. The summed E-state index contributed by atoms with van der Waals surface area (Å²) in [6.07, 6.45) is 4.13. The maximum absolute atomic E-state index is 10.3. The molecule has 0 amide bonds. The fourth-order valence-corrected chi connectivity index (χ4v) is 3.14. The van der Waals surface area contributed by atoms with Gasteiger partial charge >= 0.3 is 0 Å². The smallest absolute Gasteiger partial charge is 0.0809 e. The van der Waals surface area contributed by atoms with E-state index in [1.807, 2.05) is 17.5 Å². The van der Waals surface area contributed by atoms with Crippen LogP contribution in [0.2, 0.25) is 0 Å². The molecule has 1 atom stereocenters. The zero-order valence-electron chi connectivity index (χ0n) is 11.2. The Balaban J connectivity index is 1.59. The van der Waals surface area contributed by atoms with E-state index in [1.54, 1.807) is 17.5 Å². The Labute approximate surface area is 122 Å². The van der Waals surface area contributed by atoms with Crippen molar-refractivity contribution in [3.8, 4) is 0 Å². The quantitative estimate of drug-likeness (QED) is 0.755. The SMILES string of the molecule is OC(CCCc1ccccc1)c1cnc2ccsc2c1. The molecular formula is C17H17NOS. The summed E-state index contributed by atoms with van der Waals surface area (Å²) in [4.78, 5) is 4.38. The van der Waals surface area contributed by atoms with Gasteiger partial charge in [0.05, 0.1) is 16.3 Å². The second-order valence-electron chi connectivity index (χ2n) is 4.97. The van der Waals surface area contributed by atoms with Gasteiger partial charge in [-0.2, -0.15) is 0 Å². The Morgan fingerprint density at radius 2 is 2.00 bits per heavy atom. The lowest BCUT2D eigenvalue weighted by Crippen LogP contribution is -1.99. The van der Waals surface area contributed by atoms with Crippen molar-refractivity contribution in [2.24, 2.45) is 0 Å². The zero-order chi connectivity index (χ0) is 13.8. The van der Waals surface area contributed by atoms with Gasteiger partial charge in [-0.25, -0.2) is 0 Å². The zero-order valence-corrected chi connectivity index (χ0v) is 12.0. The Kier molecular flexibility index (Phi) is 4.09. The first-order valence-electron chi connectivity index (χ1n) is 6.88. The highest BCUT2D eigenvalue weighted by Gasteiger charge is 2.09. The normalized spacial score (nSPS) is 12.7. The van der Waals surface area contributed by atoms with Gasteiger partial charge in [0.15, 0.2) is 0 Å². The van der Waals surface area contributed by atoms with E-state index >= 15 is 0 Å². The number of aliphatic hydroxyl groups excluding tert-OH is 1. The molecule has 1 aromatic carbocycles. The standard InChI is InChI=1S/C17H17NOS/c19-16(8-4-7-13-5-2-1-3-6-13)14-11-17-15(18-12-14)9-10-20-17/h1-3,5-6,9-12,16,19H,4,7-8H2. The number of hydrogen-bond donors (Lipinski definition) is 1. The van der Waals surface area contributed by atoms with Crippen molar-refractivity contribution in [1.29, 1.82) is 0 Å². The number of pyridine rings is 1. The largest absolute Gasteiger partial charge is 0.388 e. The predicted molar refractivity (Wildman–Crippen MR) is 84.0 cm³/mol. The molecule has 0 bridgehead atoms. The van der Waals surface area contributed by atoms with Crippen LogP contribution in [-0.4, -0.2) is 10.1 Å². The molecular weight excluding hydrogens is 266 g/mol. The topological polar surface area (TPSA) is 33.1 Å². The van der Waals surface area contributed by atoms with Gasteiger partial charge in [-0.3, -0.25) is 4.98 Å². The molecule has 0 aliphatic carbocycles. The van der Waals surface area contributed by atoms with Crippen LogP contribution >= 0.6 is 11.3 Å². The van der Waals surface area contributed by atoms with Gasteiger partial charge in [-0.15, -0.1) is 11.3 Å².